The van der Waals surface area contributed by atoms with E-state index in [0.717, 1.165) is 0 Å². The zero-order valence-corrected chi connectivity index (χ0v) is 12.4. The fourth-order valence-electron chi connectivity index (χ4n) is 0. The second-order valence-corrected chi connectivity index (χ2v) is 0. The second kappa shape index (κ2) is 64.9. The van der Waals surface area contributed by atoms with Crippen LogP contribution in [0.5, 0.6) is 0 Å². The molecule has 40 valence electrons. The minimum absolute atomic E-state index is 0. The van der Waals surface area contributed by atoms with E-state index in [0.29, 0.717) is 0 Å². The average Bonchev–Trinajstić information content (AvgIpc) is 0. The Labute approximate surface area is 114 Å². The monoisotopic (exact) mass is 412 g/mol. The number of rotatable bonds is 0. The van der Waals surface area contributed by atoms with Crippen molar-refractivity contribution >= 4 is 72.8 Å². The molecule has 0 aliphatic heterocycles. The molecule has 0 aliphatic rings. The van der Waals surface area contributed by atoms with E-state index in [1.54, 1.807) is 0 Å². The molecule has 7 heavy (non-hydrogen) atoms. The van der Waals surface area contributed by atoms with Crippen molar-refractivity contribution in [3.8, 4) is 0 Å². The molecule has 0 rings (SSSR count). The maximum atomic E-state index is 0. The third-order valence-corrected chi connectivity index (χ3v) is 0. The van der Waals surface area contributed by atoms with Gasteiger partial charge in [-0.15, -0.1) is 0 Å². The fraction of sp³-hybridized carbons (Fsp3) is 0. The van der Waals surface area contributed by atoms with E-state index in [2.05, 4.69) is 0 Å². The second-order valence-electron chi connectivity index (χ2n) is 0. The van der Waals surface area contributed by atoms with Crippen molar-refractivity contribution in [2.45, 2.75) is 0 Å². The molecule has 0 aromatic carbocycles. The Kier molecular flexibility index (Phi) is 847. The molecule has 0 spiro atoms. The standard InChI is InChI=1S/4H2O.Pb.Sr.Ti/h4*1H2;;;/q;;;;;+2;/p-4. The van der Waals surface area contributed by atoms with Gasteiger partial charge in [0.25, 0.3) is 0 Å². The molecule has 0 atom stereocenters. The van der Waals surface area contributed by atoms with Gasteiger partial charge in [-0.25, -0.2) is 0 Å². The molecule has 0 bridgehead atoms. The molecule has 0 aliphatic carbocycles. The molecule has 0 heterocycles. The van der Waals surface area contributed by atoms with Gasteiger partial charge in [0.05, 0.1) is 0 Å². The van der Waals surface area contributed by atoms with Crippen LogP contribution < -0.4 is 0 Å². The van der Waals surface area contributed by atoms with Crippen molar-refractivity contribution in [1.82, 2.24) is 0 Å². The molecular formula is H4O4PbSrTi-2. The Morgan fingerprint density at radius 3 is 0.571 bits per heavy atom. The number of hydrogen-bond acceptors (Lipinski definition) is 4. The van der Waals surface area contributed by atoms with E-state index in [-0.39, 0.29) is 116 Å². The van der Waals surface area contributed by atoms with Crippen LogP contribution in [0, 0.1) is 0 Å². The molecule has 7 heteroatoms. The summed E-state index contributed by atoms with van der Waals surface area (Å²) in [6.45, 7) is 0. The molecule has 4 radical (unpaired) electrons. The van der Waals surface area contributed by atoms with Crippen molar-refractivity contribution in [1.29, 1.82) is 0 Å². The summed E-state index contributed by atoms with van der Waals surface area (Å²) in [6.07, 6.45) is 0. The summed E-state index contributed by atoms with van der Waals surface area (Å²) in [5.41, 5.74) is 0. The third kappa shape index (κ3) is 49.6. The Hall–Kier alpha value is 2.96. The van der Waals surface area contributed by atoms with E-state index in [9.17, 15) is 0 Å². The minimum Gasteiger partial charge on any atom is -0.870 e. The van der Waals surface area contributed by atoms with Crippen LogP contribution in [0.25, 0.3) is 0 Å². The summed E-state index contributed by atoms with van der Waals surface area (Å²) in [6, 6.07) is 0. The van der Waals surface area contributed by atoms with Gasteiger partial charge in [0, 0.05) is 49.0 Å². The van der Waals surface area contributed by atoms with Crippen LogP contribution in [-0.4, -0.2) is 94.7 Å². The molecule has 4 N–H and O–H groups in total. The first kappa shape index (κ1) is 91.4. The molecule has 0 aromatic rings. The molecule has 0 unspecified atom stereocenters. The first-order valence-corrected chi connectivity index (χ1v) is 0. The van der Waals surface area contributed by atoms with Gasteiger partial charge in [-0.3, -0.25) is 0 Å². The Morgan fingerprint density at radius 2 is 0.571 bits per heavy atom. The Balaban J connectivity index is 0. The van der Waals surface area contributed by atoms with E-state index in [4.69, 9.17) is 0 Å². The quantitative estimate of drug-likeness (QED) is 0.453. The van der Waals surface area contributed by atoms with E-state index >= 15 is 0 Å². The molecular weight excluding hydrogens is 407 g/mol. The van der Waals surface area contributed by atoms with Gasteiger partial charge in [0.1, 0.15) is 0 Å². The topological polar surface area (TPSA) is 120 Å². The zero-order chi connectivity index (χ0) is 0. The maximum absolute atomic E-state index is 0. The van der Waals surface area contributed by atoms with Crippen LogP contribution in [0.1, 0.15) is 0 Å². The average molecular weight is 411 g/mol. The van der Waals surface area contributed by atoms with Gasteiger partial charge >= 0.3 is 45.5 Å². The molecule has 0 saturated carbocycles. The summed E-state index contributed by atoms with van der Waals surface area (Å²) in [4.78, 5) is 0. The molecule has 4 nitrogen and oxygen atoms in total. The van der Waals surface area contributed by atoms with Crippen molar-refractivity contribution in [3.63, 3.8) is 0 Å². The van der Waals surface area contributed by atoms with Crippen molar-refractivity contribution in [3.05, 3.63) is 0 Å². The van der Waals surface area contributed by atoms with Crippen LogP contribution in [0.3, 0.4) is 0 Å². The smallest absolute Gasteiger partial charge is 0.870 e. The summed E-state index contributed by atoms with van der Waals surface area (Å²) in [5, 5.41) is 0. The fourth-order valence-corrected chi connectivity index (χ4v) is 0. The van der Waals surface area contributed by atoms with Crippen LogP contribution in [-0.2, 0) is 21.7 Å². The van der Waals surface area contributed by atoms with Crippen molar-refractivity contribution in [2.24, 2.45) is 0 Å². The van der Waals surface area contributed by atoms with E-state index in [1.807, 2.05) is 0 Å². The van der Waals surface area contributed by atoms with Crippen LogP contribution >= 0.6 is 0 Å². The van der Waals surface area contributed by atoms with Crippen LogP contribution in [0.15, 0.2) is 0 Å². The predicted octanol–water partition coefficient (Wildman–Crippen LogP) is -1.47. The predicted molar refractivity (Wildman–Crippen MR) is 19.3 cm³/mol. The first-order chi connectivity index (χ1) is 0. The summed E-state index contributed by atoms with van der Waals surface area (Å²) in [5.74, 6) is 0. The summed E-state index contributed by atoms with van der Waals surface area (Å²) >= 11 is 0. The molecule has 0 saturated heterocycles. The van der Waals surface area contributed by atoms with Gasteiger partial charge in [0.15, 0.2) is 0 Å². The first-order valence-electron chi connectivity index (χ1n) is 0. The minimum atomic E-state index is 0. The Bertz CT molecular complexity index is 11.7. The van der Waals surface area contributed by atoms with Crippen LogP contribution in [0.2, 0.25) is 0 Å². The number of hydrogen-bond donors (Lipinski definition) is 0. The molecule has 0 aromatic heterocycles. The van der Waals surface area contributed by atoms with Gasteiger partial charge < -0.3 is 21.9 Å². The largest absolute Gasteiger partial charge is 2.00 e. The normalized spacial score (nSPS) is 0. The summed E-state index contributed by atoms with van der Waals surface area (Å²) < 4.78 is 0. The van der Waals surface area contributed by atoms with Gasteiger partial charge in [-0.1, -0.05) is 0 Å². The van der Waals surface area contributed by atoms with E-state index in [1.165, 1.54) is 0 Å². The van der Waals surface area contributed by atoms with Crippen LogP contribution in [0.4, 0.5) is 0 Å². The van der Waals surface area contributed by atoms with E-state index < -0.39 is 0 Å². The Morgan fingerprint density at radius 1 is 0.571 bits per heavy atom. The summed E-state index contributed by atoms with van der Waals surface area (Å²) in [7, 11) is 0. The molecule has 0 fully saturated rings. The van der Waals surface area contributed by atoms with Gasteiger partial charge in [-0.05, 0) is 0 Å². The molecule has 0 amide bonds. The van der Waals surface area contributed by atoms with Crippen molar-refractivity contribution in [2.75, 3.05) is 0 Å². The van der Waals surface area contributed by atoms with Crippen molar-refractivity contribution < 1.29 is 43.6 Å². The maximum Gasteiger partial charge on any atom is 2.00 e. The third-order valence-electron chi connectivity index (χ3n) is 0. The zero-order valence-electron chi connectivity index (χ0n) is 3.50. The van der Waals surface area contributed by atoms with Gasteiger partial charge in [-0.2, -0.15) is 0 Å². The SMILES string of the molecule is [OH-].[OH-].[OH-].[OH-].[Pb].[Sr+2].[Ti]. The van der Waals surface area contributed by atoms with Gasteiger partial charge in [0.2, 0.25) is 0 Å².